The Labute approximate surface area is 173 Å². The van der Waals surface area contributed by atoms with Crippen LogP contribution in [0.3, 0.4) is 0 Å². The van der Waals surface area contributed by atoms with Gasteiger partial charge in [0.2, 0.25) is 5.75 Å². The van der Waals surface area contributed by atoms with E-state index >= 15 is 0 Å². The van der Waals surface area contributed by atoms with Crippen LogP contribution in [0.1, 0.15) is 0 Å². The standard InChI is InChI=1S/C21H21ClN2O3S/c1-5-10-24-17(13-28-21(24)23-16-8-6-15(22)7-9-16)14-11-18(25-2)20(27-4)19(12-14)26-3/h5-9,11-13H,1,10H2,2-4H3. The number of thiazole rings is 1. The molecule has 0 bridgehead atoms. The van der Waals surface area contributed by atoms with Gasteiger partial charge in [-0.05, 0) is 36.4 Å². The molecule has 0 aliphatic rings. The van der Waals surface area contributed by atoms with Gasteiger partial charge in [0.1, 0.15) is 0 Å². The average Bonchev–Trinajstić information content (AvgIpc) is 3.11. The predicted octanol–water partition coefficient (Wildman–Crippen LogP) is 5.31. The third-order valence-corrected chi connectivity index (χ3v) is 5.24. The monoisotopic (exact) mass is 416 g/mol. The topological polar surface area (TPSA) is 45.0 Å². The molecule has 0 aliphatic carbocycles. The van der Waals surface area contributed by atoms with Gasteiger partial charge >= 0.3 is 0 Å². The quantitative estimate of drug-likeness (QED) is 0.490. The van der Waals surface area contributed by atoms with E-state index in [0.29, 0.717) is 28.8 Å². The van der Waals surface area contributed by atoms with Crippen molar-refractivity contribution in [1.82, 2.24) is 4.57 Å². The Morgan fingerprint density at radius 3 is 2.25 bits per heavy atom. The fourth-order valence-electron chi connectivity index (χ4n) is 2.81. The minimum absolute atomic E-state index is 0.560. The molecule has 0 fully saturated rings. The number of halogens is 1. The molecule has 3 rings (SSSR count). The molecule has 2 aromatic carbocycles. The summed E-state index contributed by atoms with van der Waals surface area (Å²) < 4.78 is 18.5. The van der Waals surface area contributed by atoms with Crippen LogP contribution in [0.15, 0.2) is 59.4 Å². The maximum atomic E-state index is 5.97. The van der Waals surface area contributed by atoms with Gasteiger partial charge in [0.25, 0.3) is 0 Å². The van der Waals surface area contributed by atoms with Crippen LogP contribution in [0.5, 0.6) is 17.2 Å². The van der Waals surface area contributed by atoms with Gasteiger partial charge in [-0.1, -0.05) is 17.7 Å². The molecule has 146 valence electrons. The number of methoxy groups -OCH3 is 3. The summed E-state index contributed by atoms with van der Waals surface area (Å²) in [6, 6.07) is 11.3. The molecule has 3 aromatic rings. The van der Waals surface area contributed by atoms with Crippen LogP contribution < -0.4 is 19.0 Å². The van der Waals surface area contributed by atoms with Crippen LogP contribution >= 0.6 is 22.9 Å². The van der Waals surface area contributed by atoms with Crippen LogP contribution in [0.2, 0.25) is 5.02 Å². The summed E-state index contributed by atoms with van der Waals surface area (Å²) in [6.45, 7) is 4.49. The zero-order valence-corrected chi connectivity index (χ0v) is 17.5. The van der Waals surface area contributed by atoms with E-state index in [1.807, 2.05) is 42.5 Å². The van der Waals surface area contributed by atoms with Gasteiger partial charge < -0.3 is 18.8 Å². The van der Waals surface area contributed by atoms with Gasteiger partial charge in [-0.3, -0.25) is 0 Å². The molecule has 0 radical (unpaired) electrons. The zero-order valence-electron chi connectivity index (χ0n) is 15.9. The van der Waals surface area contributed by atoms with Crippen molar-refractivity contribution >= 4 is 28.6 Å². The summed E-state index contributed by atoms with van der Waals surface area (Å²) in [5, 5.41) is 2.74. The molecule has 0 saturated heterocycles. The molecule has 0 amide bonds. The van der Waals surface area contributed by atoms with Crippen LogP contribution in [0.25, 0.3) is 11.3 Å². The maximum Gasteiger partial charge on any atom is 0.203 e. The normalized spacial score (nSPS) is 11.4. The van der Waals surface area contributed by atoms with Gasteiger partial charge in [0.05, 0.1) is 32.7 Å². The SMILES string of the molecule is C=CCn1c(-c2cc(OC)c(OC)c(OC)c2)csc1=Nc1ccc(Cl)cc1. The van der Waals surface area contributed by atoms with Crippen molar-refractivity contribution in [1.29, 1.82) is 0 Å². The molecule has 1 heterocycles. The lowest BCUT2D eigenvalue weighted by molar-refractivity contribution is 0.324. The highest BCUT2D eigenvalue weighted by Crippen LogP contribution is 2.41. The number of ether oxygens (including phenoxy) is 3. The third kappa shape index (κ3) is 4.08. The number of benzene rings is 2. The van der Waals surface area contributed by atoms with Crippen molar-refractivity contribution in [3.63, 3.8) is 0 Å². The van der Waals surface area contributed by atoms with Crippen LogP contribution in [-0.2, 0) is 6.54 Å². The first-order valence-electron chi connectivity index (χ1n) is 8.51. The number of hydrogen-bond acceptors (Lipinski definition) is 5. The molecule has 0 spiro atoms. The fraction of sp³-hybridized carbons (Fsp3) is 0.190. The number of aromatic nitrogens is 1. The number of allylic oxidation sites excluding steroid dienone is 1. The van der Waals surface area contributed by atoms with Gasteiger partial charge in [-0.2, -0.15) is 0 Å². The van der Waals surface area contributed by atoms with E-state index in [0.717, 1.165) is 21.7 Å². The van der Waals surface area contributed by atoms with E-state index in [9.17, 15) is 0 Å². The summed E-state index contributed by atoms with van der Waals surface area (Å²) in [4.78, 5) is 5.61. The Balaban J connectivity index is 2.16. The van der Waals surface area contributed by atoms with Gasteiger partial charge in [-0.15, -0.1) is 17.9 Å². The van der Waals surface area contributed by atoms with Crippen molar-refractivity contribution in [3.05, 3.63) is 64.3 Å². The fourth-order valence-corrected chi connectivity index (χ4v) is 3.87. The first-order chi connectivity index (χ1) is 13.6. The summed E-state index contributed by atoms with van der Waals surface area (Å²) in [5.74, 6) is 1.76. The molecule has 1 aromatic heterocycles. The van der Waals surface area contributed by atoms with Crippen molar-refractivity contribution in [3.8, 4) is 28.5 Å². The van der Waals surface area contributed by atoms with Crippen molar-refractivity contribution in [2.75, 3.05) is 21.3 Å². The molecule has 0 aliphatic heterocycles. The second-order valence-electron chi connectivity index (χ2n) is 5.81. The molecule has 7 heteroatoms. The van der Waals surface area contributed by atoms with E-state index in [1.165, 1.54) is 0 Å². The Kier molecular flexibility index (Phi) is 6.44. The minimum atomic E-state index is 0.560. The number of hydrogen-bond donors (Lipinski definition) is 0. The van der Waals surface area contributed by atoms with E-state index in [2.05, 4.69) is 16.5 Å². The summed E-state index contributed by atoms with van der Waals surface area (Å²) in [7, 11) is 4.80. The summed E-state index contributed by atoms with van der Waals surface area (Å²) >= 11 is 7.52. The second kappa shape index (κ2) is 8.99. The van der Waals surface area contributed by atoms with Crippen molar-refractivity contribution < 1.29 is 14.2 Å². The van der Waals surface area contributed by atoms with Crippen LogP contribution in [0.4, 0.5) is 5.69 Å². The molecule has 28 heavy (non-hydrogen) atoms. The lowest BCUT2D eigenvalue weighted by atomic mass is 10.1. The van der Waals surface area contributed by atoms with Crippen molar-refractivity contribution in [2.24, 2.45) is 4.99 Å². The molecular formula is C21H21ClN2O3S. The van der Waals surface area contributed by atoms with Gasteiger partial charge in [0.15, 0.2) is 16.3 Å². The van der Waals surface area contributed by atoms with Gasteiger partial charge in [-0.25, -0.2) is 4.99 Å². The van der Waals surface area contributed by atoms with E-state index in [-0.39, 0.29) is 0 Å². The minimum Gasteiger partial charge on any atom is -0.493 e. The van der Waals surface area contributed by atoms with Gasteiger partial charge in [0, 0.05) is 22.5 Å². The molecule has 0 atom stereocenters. The number of nitrogens with zero attached hydrogens (tertiary/aromatic N) is 2. The lowest BCUT2D eigenvalue weighted by Crippen LogP contribution is -2.14. The smallest absolute Gasteiger partial charge is 0.203 e. The molecular weight excluding hydrogens is 396 g/mol. The first kappa shape index (κ1) is 20.0. The molecule has 5 nitrogen and oxygen atoms in total. The molecule has 0 N–H and O–H groups in total. The van der Waals surface area contributed by atoms with Crippen LogP contribution in [-0.4, -0.2) is 25.9 Å². The largest absolute Gasteiger partial charge is 0.493 e. The van der Waals surface area contributed by atoms with Crippen LogP contribution in [0, 0.1) is 0 Å². The first-order valence-corrected chi connectivity index (χ1v) is 9.77. The van der Waals surface area contributed by atoms with E-state index < -0.39 is 0 Å². The molecule has 0 unspecified atom stereocenters. The predicted molar refractivity (Wildman–Crippen MR) is 114 cm³/mol. The summed E-state index contributed by atoms with van der Waals surface area (Å²) in [5.41, 5.74) is 2.75. The zero-order chi connectivity index (χ0) is 20.1. The number of rotatable bonds is 7. The Hall–Kier alpha value is -2.70. The Bertz CT molecular complexity index is 1010. The third-order valence-electron chi connectivity index (χ3n) is 4.12. The maximum absolute atomic E-state index is 5.97. The van der Waals surface area contributed by atoms with Crippen molar-refractivity contribution in [2.45, 2.75) is 6.54 Å². The second-order valence-corrected chi connectivity index (χ2v) is 7.08. The average molecular weight is 417 g/mol. The lowest BCUT2D eigenvalue weighted by Gasteiger charge is -2.15. The van der Waals surface area contributed by atoms with E-state index in [1.54, 1.807) is 32.7 Å². The Morgan fingerprint density at radius 1 is 1.07 bits per heavy atom. The summed E-state index contributed by atoms with van der Waals surface area (Å²) in [6.07, 6.45) is 1.84. The highest BCUT2D eigenvalue weighted by molar-refractivity contribution is 7.07. The highest BCUT2D eigenvalue weighted by atomic mass is 35.5. The highest BCUT2D eigenvalue weighted by Gasteiger charge is 2.16. The molecule has 0 saturated carbocycles. The Morgan fingerprint density at radius 2 is 1.71 bits per heavy atom. The van der Waals surface area contributed by atoms with E-state index in [4.69, 9.17) is 30.8 Å².